The summed E-state index contributed by atoms with van der Waals surface area (Å²) in [6.07, 6.45) is 0. The smallest absolute Gasteiger partial charge is 0.414 e. The van der Waals surface area contributed by atoms with E-state index in [1.165, 1.54) is 0 Å². The second-order valence-electron chi connectivity index (χ2n) is 2.44. The van der Waals surface area contributed by atoms with Gasteiger partial charge < -0.3 is 15.6 Å². The zero-order valence-corrected chi connectivity index (χ0v) is 8.04. The van der Waals surface area contributed by atoms with Gasteiger partial charge in [-0.3, -0.25) is 5.84 Å². The minimum Gasteiger partial charge on any atom is -0.473 e. The van der Waals surface area contributed by atoms with Gasteiger partial charge in [-0.1, -0.05) is 0 Å². The van der Waals surface area contributed by atoms with Crippen LogP contribution in [0.15, 0.2) is 24.3 Å². The van der Waals surface area contributed by atoms with Gasteiger partial charge in [0.1, 0.15) is 0 Å². The number of aliphatic carboxylic acids is 2. The van der Waals surface area contributed by atoms with Crippen LogP contribution in [0.4, 0.5) is 5.69 Å². The van der Waals surface area contributed by atoms with Gasteiger partial charge in [-0.05, 0) is 24.3 Å². The van der Waals surface area contributed by atoms with Crippen molar-refractivity contribution in [2.24, 2.45) is 5.84 Å². The lowest BCUT2D eigenvalue weighted by Crippen LogP contribution is -2.09. The molecular weight excluding hydrogens is 214 g/mol. The summed E-state index contributed by atoms with van der Waals surface area (Å²) in [5.74, 6) is 1.46. The third-order valence-corrected chi connectivity index (χ3v) is 1.36. The van der Waals surface area contributed by atoms with Crippen LogP contribution in [0.3, 0.4) is 0 Å². The van der Waals surface area contributed by atoms with Crippen LogP contribution in [0.5, 0.6) is 0 Å². The summed E-state index contributed by atoms with van der Waals surface area (Å²) in [7, 11) is 0. The van der Waals surface area contributed by atoms with Crippen LogP contribution < -0.4 is 11.3 Å². The van der Waals surface area contributed by atoms with Crippen LogP contribution in [0.25, 0.3) is 0 Å². The molecule has 1 aromatic carbocycles. The van der Waals surface area contributed by atoms with E-state index in [4.69, 9.17) is 30.9 Å². The third kappa shape index (κ3) is 5.21. The maximum Gasteiger partial charge on any atom is 0.414 e. The number of nitrogens with one attached hydrogen (secondary N) is 1. The molecule has 0 aromatic heterocycles. The summed E-state index contributed by atoms with van der Waals surface area (Å²) in [6.45, 7) is 0. The van der Waals surface area contributed by atoms with Crippen LogP contribution in [-0.2, 0) is 9.59 Å². The lowest BCUT2D eigenvalue weighted by molar-refractivity contribution is -0.159. The fourth-order valence-electron chi connectivity index (χ4n) is 0.641. The quantitative estimate of drug-likeness (QED) is 0.298. The molecule has 16 heavy (non-hydrogen) atoms. The Morgan fingerprint density at radius 2 is 1.62 bits per heavy atom. The van der Waals surface area contributed by atoms with E-state index in [0.717, 1.165) is 5.69 Å². The van der Waals surface area contributed by atoms with E-state index in [9.17, 15) is 0 Å². The number of carbonyl (C=O) groups is 2. The number of rotatable bonds is 1. The number of hydrazine groups is 1. The molecule has 5 N–H and O–H groups in total. The van der Waals surface area contributed by atoms with Gasteiger partial charge in [-0.15, -0.1) is 0 Å². The predicted molar refractivity (Wildman–Crippen MR) is 54.2 cm³/mol. The molecule has 7 heteroatoms. The minimum absolute atomic E-state index is 0.638. The molecule has 0 saturated carbocycles. The number of carboxylic acids is 2. The van der Waals surface area contributed by atoms with Gasteiger partial charge in [0.25, 0.3) is 0 Å². The molecule has 0 aliphatic rings. The highest BCUT2D eigenvalue weighted by atomic mass is 16.4. The maximum absolute atomic E-state index is 9.10. The monoisotopic (exact) mass is 223 g/mol. The second kappa shape index (κ2) is 6.80. The molecule has 0 spiro atoms. The lowest BCUT2D eigenvalue weighted by atomic mass is 10.2. The Bertz CT molecular complexity index is 396. The molecule has 84 valence electrons. The van der Waals surface area contributed by atoms with Crippen molar-refractivity contribution < 1.29 is 19.8 Å². The molecule has 0 radical (unpaired) electrons. The van der Waals surface area contributed by atoms with E-state index in [-0.39, 0.29) is 0 Å². The molecule has 7 nitrogen and oxygen atoms in total. The standard InChI is InChI=1S/C7H7N3.C2H2O4/c8-5-6-1-3-7(10-9)4-2-6;3-1(4)2(5)6/h1-4,10H,9H2;(H,3,4)(H,5,6). The molecule has 1 aromatic rings. The van der Waals surface area contributed by atoms with Crippen LogP contribution in [-0.4, -0.2) is 22.2 Å². The lowest BCUT2D eigenvalue weighted by Gasteiger charge is -1.96. The molecule has 0 saturated heterocycles. The number of nitrogens with two attached hydrogens (primary N) is 1. The van der Waals surface area contributed by atoms with Crippen LogP contribution in [0.2, 0.25) is 0 Å². The van der Waals surface area contributed by atoms with Crippen molar-refractivity contribution in [3.8, 4) is 6.07 Å². The fraction of sp³-hybridized carbons (Fsp3) is 0. The largest absolute Gasteiger partial charge is 0.473 e. The van der Waals surface area contributed by atoms with Crippen molar-refractivity contribution in [2.45, 2.75) is 0 Å². The van der Waals surface area contributed by atoms with Crippen molar-refractivity contribution >= 4 is 17.6 Å². The number of anilines is 1. The van der Waals surface area contributed by atoms with E-state index in [1.54, 1.807) is 24.3 Å². The zero-order valence-electron chi connectivity index (χ0n) is 8.04. The SMILES string of the molecule is N#Cc1ccc(NN)cc1.O=C(O)C(=O)O. The molecule has 0 heterocycles. The summed E-state index contributed by atoms with van der Waals surface area (Å²) in [6, 6.07) is 8.91. The van der Waals surface area contributed by atoms with Crippen LogP contribution >= 0.6 is 0 Å². The molecule has 0 amide bonds. The Hall–Kier alpha value is -2.59. The second-order valence-corrected chi connectivity index (χ2v) is 2.44. The van der Waals surface area contributed by atoms with E-state index in [1.807, 2.05) is 6.07 Å². The highest BCUT2D eigenvalue weighted by molar-refractivity contribution is 6.27. The molecule has 0 fully saturated rings. The summed E-state index contributed by atoms with van der Waals surface area (Å²) in [4.78, 5) is 18.2. The maximum atomic E-state index is 9.10. The first-order valence-corrected chi connectivity index (χ1v) is 3.94. The Labute approximate surface area is 90.7 Å². The molecule has 0 unspecified atom stereocenters. The highest BCUT2D eigenvalue weighted by Crippen LogP contribution is 2.05. The average molecular weight is 223 g/mol. The summed E-state index contributed by atoms with van der Waals surface area (Å²) in [5.41, 5.74) is 3.91. The number of nitrogen functional groups attached to an aromatic ring is 1. The Morgan fingerprint density at radius 3 is 1.88 bits per heavy atom. The van der Waals surface area contributed by atoms with Crippen LogP contribution in [0, 0.1) is 11.3 Å². The number of hydrogen-bond acceptors (Lipinski definition) is 5. The van der Waals surface area contributed by atoms with Gasteiger partial charge in [-0.25, -0.2) is 9.59 Å². The van der Waals surface area contributed by atoms with Crippen molar-refractivity contribution in [2.75, 3.05) is 5.43 Å². The number of benzene rings is 1. The zero-order chi connectivity index (χ0) is 12.6. The summed E-state index contributed by atoms with van der Waals surface area (Å²) in [5, 5.41) is 23.2. The van der Waals surface area contributed by atoms with Crippen molar-refractivity contribution in [1.82, 2.24) is 0 Å². The molecular formula is C9H9N3O4. The van der Waals surface area contributed by atoms with Crippen LogP contribution in [0.1, 0.15) is 5.56 Å². The van der Waals surface area contributed by atoms with Gasteiger partial charge in [0.15, 0.2) is 0 Å². The average Bonchev–Trinajstić information content (AvgIpc) is 2.30. The number of carboxylic acid groups (broad SMARTS) is 2. The first-order chi connectivity index (χ1) is 7.51. The normalized spacial score (nSPS) is 8.00. The minimum atomic E-state index is -1.82. The molecule has 1 rings (SSSR count). The van der Waals surface area contributed by atoms with Gasteiger partial charge in [0.2, 0.25) is 0 Å². The Morgan fingerprint density at radius 1 is 1.19 bits per heavy atom. The fourth-order valence-corrected chi connectivity index (χ4v) is 0.641. The number of nitriles is 1. The molecule has 0 aliphatic carbocycles. The Balaban J connectivity index is 0.000000325. The topological polar surface area (TPSA) is 136 Å². The Kier molecular flexibility index (Phi) is 5.70. The number of nitrogens with zero attached hydrogens (tertiary/aromatic N) is 1. The molecule has 0 atom stereocenters. The first-order valence-electron chi connectivity index (χ1n) is 3.94. The summed E-state index contributed by atoms with van der Waals surface area (Å²) < 4.78 is 0. The highest BCUT2D eigenvalue weighted by Gasteiger charge is 2.04. The van der Waals surface area contributed by atoms with Crippen molar-refractivity contribution in [3.05, 3.63) is 29.8 Å². The predicted octanol–water partition coefficient (Wildman–Crippen LogP) is -0.000520. The van der Waals surface area contributed by atoms with Gasteiger partial charge in [0, 0.05) is 5.69 Å². The third-order valence-electron chi connectivity index (χ3n) is 1.36. The van der Waals surface area contributed by atoms with E-state index < -0.39 is 11.9 Å². The van der Waals surface area contributed by atoms with Gasteiger partial charge in [0.05, 0.1) is 11.6 Å². The van der Waals surface area contributed by atoms with Gasteiger partial charge >= 0.3 is 11.9 Å². The first kappa shape index (κ1) is 13.4. The van der Waals surface area contributed by atoms with E-state index >= 15 is 0 Å². The van der Waals surface area contributed by atoms with E-state index in [0.29, 0.717) is 5.56 Å². The van der Waals surface area contributed by atoms with Gasteiger partial charge in [-0.2, -0.15) is 5.26 Å². The number of hydrogen-bond donors (Lipinski definition) is 4. The molecule has 0 bridgehead atoms. The molecule has 0 aliphatic heterocycles. The van der Waals surface area contributed by atoms with Crippen molar-refractivity contribution in [1.29, 1.82) is 5.26 Å². The van der Waals surface area contributed by atoms with Crippen molar-refractivity contribution in [3.63, 3.8) is 0 Å². The van der Waals surface area contributed by atoms with E-state index in [2.05, 4.69) is 5.43 Å². The summed E-state index contributed by atoms with van der Waals surface area (Å²) >= 11 is 0.